The highest BCUT2D eigenvalue weighted by Crippen LogP contribution is 2.30. The summed E-state index contributed by atoms with van der Waals surface area (Å²) in [5.41, 5.74) is 3.53. The van der Waals surface area contributed by atoms with Gasteiger partial charge in [-0.15, -0.1) is 0 Å². The predicted molar refractivity (Wildman–Crippen MR) is 77.6 cm³/mol. The molecule has 3 N–H and O–H groups in total. The first kappa shape index (κ1) is 14.0. The number of rotatable bonds is 6. The van der Waals surface area contributed by atoms with Gasteiger partial charge < -0.3 is 15.1 Å². The van der Waals surface area contributed by atoms with E-state index < -0.39 is 0 Å². The molecule has 7 nitrogen and oxygen atoms in total. The topological polar surface area (TPSA) is 89.2 Å². The summed E-state index contributed by atoms with van der Waals surface area (Å²) in [6.45, 7) is 0.758. The molecule has 0 atom stereocenters. The molecule has 0 fully saturated rings. The summed E-state index contributed by atoms with van der Waals surface area (Å²) in [5, 5.41) is 0. The van der Waals surface area contributed by atoms with Gasteiger partial charge in [-0.3, -0.25) is 4.98 Å². The number of likely N-dealkylation sites (N-methyl/N-ethyl adjacent to an activating group) is 1. The molecule has 2 aromatic heterocycles. The second-order valence-corrected chi connectivity index (χ2v) is 4.22. The molecule has 0 saturated heterocycles. The standard InChI is InChI=1S/C13H18N6O/c1-19(8-6-10-5-3-4-7-15-10)13-11(20-2)12(18-14)16-9-17-13/h3-5,7,9H,6,8,14H2,1-2H3,(H,16,17,18). The van der Waals surface area contributed by atoms with Crippen LogP contribution in [0.3, 0.4) is 0 Å². The molecule has 0 bridgehead atoms. The SMILES string of the molecule is COc1c(NN)ncnc1N(C)CCc1ccccn1. The lowest BCUT2D eigenvalue weighted by molar-refractivity contribution is 0.413. The Hall–Kier alpha value is -2.41. The van der Waals surface area contributed by atoms with E-state index in [0.29, 0.717) is 17.4 Å². The second kappa shape index (κ2) is 6.67. The van der Waals surface area contributed by atoms with Crippen molar-refractivity contribution in [1.29, 1.82) is 0 Å². The lowest BCUT2D eigenvalue weighted by atomic mass is 10.2. The molecule has 20 heavy (non-hydrogen) atoms. The summed E-state index contributed by atoms with van der Waals surface area (Å²) >= 11 is 0. The number of pyridine rings is 1. The minimum atomic E-state index is 0.460. The Morgan fingerprint density at radius 3 is 2.80 bits per heavy atom. The number of nitrogens with one attached hydrogen (secondary N) is 1. The zero-order valence-electron chi connectivity index (χ0n) is 11.6. The lowest BCUT2D eigenvalue weighted by Gasteiger charge is -2.21. The largest absolute Gasteiger partial charge is 0.490 e. The fourth-order valence-corrected chi connectivity index (χ4v) is 1.86. The summed E-state index contributed by atoms with van der Waals surface area (Å²) in [4.78, 5) is 14.5. The maximum Gasteiger partial charge on any atom is 0.205 e. The number of nitrogens with two attached hydrogens (primary N) is 1. The van der Waals surface area contributed by atoms with E-state index in [0.717, 1.165) is 18.7 Å². The van der Waals surface area contributed by atoms with Crippen molar-refractivity contribution in [3.05, 3.63) is 36.4 Å². The van der Waals surface area contributed by atoms with E-state index in [1.807, 2.05) is 30.1 Å². The van der Waals surface area contributed by atoms with E-state index in [1.165, 1.54) is 6.33 Å². The molecule has 0 amide bonds. The molecule has 106 valence electrons. The molecule has 0 aliphatic rings. The molecule has 2 rings (SSSR count). The van der Waals surface area contributed by atoms with Crippen molar-refractivity contribution in [1.82, 2.24) is 15.0 Å². The monoisotopic (exact) mass is 274 g/mol. The zero-order chi connectivity index (χ0) is 14.4. The smallest absolute Gasteiger partial charge is 0.205 e. The zero-order valence-corrected chi connectivity index (χ0v) is 11.6. The van der Waals surface area contributed by atoms with Gasteiger partial charge in [-0.25, -0.2) is 15.8 Å². The first-order chi connectivity index (χ1) is 9.76. The molecule has 0 aromatic carbocycles. The third-order valence-corrected chi connectivity index (χ3v) is 2.92. The van der Waals surface area contributed by atoms with E-state index in [9.17, 15) is 0 Å². The number of nitrogen functional groups attached to an aromatic ring is 1. The number of aromatic nitrogens is 3. The van der Waals surface area contributed by atoms with Crippen LogP contribution in [0.2, 0.25) is 0 Å². The molecule has 2 aromatic rings. The first-order valence-electron chi connectivity index (χ1n) is 6.23. The fraction of sp³-hybridized carbons (Fsp3) is 0.308. The van der Waals surface area contributed by atoms with Gasteiger partial charge >= 0.3 is 0 Å². The van der Waals surface area contributed by atoms with Crippen LogP contribution < -0.4 is 20.9 Å². The van der Waals surface area contributed by atoms with E-state index in [1.54, 1.807) is 13.3 Å². The number of hydrogen-bond donors (Lipinski definition) is 2. The summed E-state index contributed by atoms with van der Waals surface area (Å²) < 4.78 is 5.32. The van der Waals surface area contributed by atoms with Gasteiger partial charge in [-0.05, 0) is 12.1 Å². The Morgan fingerprint density at radius 2 is 2.15 bits per heavy atom. The van der Waals surface area contributed by atoms with Crippen LogP contribution >= 0.6 is 0 Å². The van der Waals surface area contributed by atoms with Gasteiger partial charge in [0.05, 0.1) is 7.11 Å². The summed E-state index contributed by atoms with van der Waals surface area (Å²) in [7, 11) is 3.50. The highest BCUT2D eigenvalue weighted by atomic mass is 16.5. The number of nitrogens with zero attached hydrogens (tertiary/aromatic N) is 4. The Kier molecular flexibility index (Phi) is 4.67. The van der Waals surface area contributed by atoms with Crippen LogP contribution in [-0.4, -0.2) is 35.7 Å². The Morgan fingerprint density at radius 1 is 1.30 bits per heavy atom. The highest BCUT2D eigenvalue weighted by molar-refractivity contribution is 5.64. The molecule has 0 saturated carbocycles. The van der Waals surface area contributed by atoms with E-state index in [2.05, 4.69) is 20.4 Å². The van der Waals surface area contributed by atoms with Gasteiger partial charge in [0.1, 0.15) is 6.33 Å². The van der Waals surface area contributed by atoms with Crippen LogP contribution in [0, 0.1) is 0 Å². The third kappa shape index (κ3) is 3.12. The molecule has 0 aliphatic carbocycles. The molecular formula is C13H18N6O. The van der Waals surface area contributed by atoms with Crippen molar-refractivity contribution in [2.75, 3.05) is 31.0 Å². The highest BCUT2D eigenvalue weighted by Gasteiger charge is 2.15. The van der Waals surface area contributed by atoms with Gasteiger partial charge in [0.15, 0.2) is 11.6 Å². The second-order valence-electron chi connectivity index (χ2n) is 4.22. The summed E-state index contributed by atoms with van der Waals surface area (Å²) in [6.07, 6.45) is 4.05. The number of methoxy groups -OCH3 is 1. The fourth-order valence-electron chi connectivity index (χ4n) is 1.86. The van der Waals surface area contributed by atoms with E-state index >= 15 is 0 Å². The van der Waals surface area contributed by atoms with Crippen LogP contribution in [0.4, 0.5) is 11.6 Å². The Labute approximate surface area is 117 Å². The maximum absolute atomic E-state index is 5.41. The molecule has 0 spiro atoms. The summed E-state index contributed by atoms with van der Waals surface area (Å²) in [5.74, 6) is 7.08. The molecular weight excluding hydrogens is 256 g/mol. The molecule has 0 unspecified atom stereocenters. The summed E-state index contributed by atoms with van der Waals surface area (Å²) in [6, 6.07) is 5.88. The first-order valence-corrected chi connectivity index (χ1v) is 6.23. The minimum absolute atomic E-state index is 0.460. The number of hydrazine groups is 1. The molecule has 0 radical (unpaired) electrons. The molecule has 0 aliphatic heterocycles. The van der Waals surface area contributed by atoms with Crippen LogP contribution in [0.1, 0.15) is 5.69 Å². The normalized spacial score (nSPS) is 10.2. The Balaban J connectivity index is 2.11. The predicted octanol–water partition coefficient (Wildman–Crippen LogP) is 0.845. The van der Waals surface area contributed by atoms with Crippen LogP contribution in [0.5, 0.6) is 5.75 Å². The van der Waals surface area contributed by atoms with Crippen LogP contribution in [-0.2, 0) is 6.42 Å². The third-order valence-electron chi connectivity index (χ3n) is 2.92. The van der Waals surface area contributed by atoms with Crippen molar-refractivity contribution >= 4 is 11.6 Å². The average Bonchev–Trinajstić information content (AvgIpc) is 2.52. The van der Waals surface area contributed by atoms with Crippen molar-refractivity contribution in [2.45, 2.75) is 6.42 Å². The number of anilines is 2. The number of hydrogen-bond acceptors (Lipinski definition) is 7. The number of ether oxygens (including phenoxy) is 1. The van der Waals surface area contributed by atoms with Crippen molar-refractivity contribution < 1.29 is 4.74 Å². The maximum atomic E-state index is 5.41. The van der Waals surface area contributed by atoms with Crippen molar-refractivity contribution in [3.8, 4) is 5.75 Å². The Bertz CT molecular complexity index is 548. The van der Waals surface area contributed by atoms with Gasteiger partial charge in [-0.2, -0.15) is 0 Å². The van der Waals surface area contributed by atoms with Gasteiger partial charge in [0.25, 0.3) is 0 Å². The van der Waals surface area contributed by atoms with Crippen molar-refractivity contribution in [2.24, 2.45) is 5.84 Å². The van der Waals surface area contributed by atoms with Crippen LogP contribution in [0.25, 0.3) is 0 Å². The average molecular weight is 274 g/mol. The van der Waals surface area contributed by atoms with Gasteiger partial charge in [-0.1, -0.05) is 6.07 Å². The van der Waals surface area contributed by atoms with Crippen molar-refractivity contribution in [3.63, 3.8) is 0 Å². The van der Waals surface area contributed by atoms with Gasteiger partial charge in [0.2, 0.25) is 5.75 Å². The van der Waals surface area contributed by atoms with E-state index in [4.69, 9.17) is 10.6 Å². The van der Waals surface area contributed by atoms with E-state index in [-0.39, 0.29) is 0 Å². The van der Waals surface area contributed by atoms with Crippen LogP contribution in [0.15, 0.2) is 30.7 Å². The lowest BCUT2D eigenvalue weighted by Crippen LogP contribution is -2.23. The van der Waals surface area contributed by atoms with Gasteiger partial charge in [0, 0.05) is 31.9 Å². The molecule has 7 heteroatoms. The minimum Gasteiger partial charge on any atom is -0.490 e. The quantitative estimate of drug-likeness (QED) is 0.596. The molecule has 2 heterocycles.